The number of aromatic nitrogens is 1. The summed E-state index contributed by atoms with van der Waals surface area (Å²) >= 11 is 0. The van der Waals surface area contributed by atoms with E-state index in [0.717, 1.165) is 17.8 Å². The second-order valence-electron chi connectivity index (χ2n) is 3.49. The third-order valence-electron chi connectivity index (χ3n) is 2.25. The number of carboxylic acid groups (broad SMARTS) is 1. The Kier molecular flexibility index (Phi) is 2.67. The summed E-state index contributed by atoms with van der Waals surface area (Å²) < 4.78 is 0. The van der Waals surface area contributed by atoms with Crippen molar-refractivity contribution in [3.8, 4) is 0 Å². The first-order valence-corrected chi connectivity index (χ1v) is 4.84. The van der Waals surface area contributed by atoms with Gasteiger partial charge in [-0.2, -0.15) is 0 Å². The van der Waals surface area contributed by atoms with Crippen LogP contribution in [-0.2, 0) is 4.79 Å². The first-order chi connectivity index (χ1) is 7.25. The lowest BCUT2D eigenvalue weighted by atomic mass is 10.1. The van der Waals surface area contributed by atoms with Crippen molar-refractivity contribution in [2.75, 3.05) is 5.32 Å². The number of hydrogen-bond donors (Lipinski definition) is 2. The fourth-order valence-corrected chi connectivity index (χ4v) is 1.42. The molecule has 0 aromatic carbocycles. The van der Waals surface area contributed by atoms with Crippen molar-refractivity contribution in [2.45, 2.75) is 18.9 Å². The number of rotatable bonds is 5. The van der Waals surface area contributed by atoms with E-state index >= 15 is 0 Å². The monoisotopic (exact) mass is 204 g/mol. The normalized spacial score (nSPS) is 15.3. The Labute approximate surface area is 87.7 Å². The van der Waals surface area contributed by atoms with Crippen LogP contribution in [0.15, 0.2) is 36.0 Å². The first kappa shape index (κ1) is 9.71. The average molecular weight is 204 g/mol. The van der Waals surface area contributed by atoms with Crippen molar-refractivity contribution in [2.24, 2.45) is 0 Å². The molecule has 0 radical (unpaired) electrons. The van der Waals surface area contributed by atoms with E-state index in [1.807, 2.05) is 24.3 Å². The Bertz CT molecular complexity index is 387. The molecule has 4 heteroatoms. The highest BCUT2D eigenvalue weighted by atomic mass is 16.4. The van der Waals surface area contributed by atoms with E-state index in [4.69, 9.17) is 5.11 Å². The molecule has 0 fully saturated rings. The summed E-state index contributed by atoms with van der Waals surface area (Å²) in [6.07, 6.45) is 4.73. The minimum absolute atomic E-state index is 0.0996. The largest absolute Gasteiger partial charge is 0.481 e. The highest BCUT2D eigenvalue weighted by Gasteiger charge is 2.23. The Morgan fingerprint density at radius 3 is 2.93 bits per heavy atom. The fraction of sp³-hybridized carbons (Fsp3) is 0.273. The van der Waals surface area contributed by atoms with E-state index in [2.05, 4.69) is 10.3 Å². The van der Waals surface area contributed by atoms with Gasteiger partial charge in [0.2, 0.25) is 0 Å². The first-order valence-electron chi connectivity index (χ1n) is 4.84. The molecule has 78 valence electrons. The number of aliphatic carboxylic acids is 1. The third kappa shape index (κ3) is 2.80. The Balaban J connectivity index is 2.01. The average Bonchev–Trinajstić information content (AvgIpc) is 3.01. The summed E-state index contributed by atoms with van der Waals surface area (Å²) in [7, 11) is 0. The minimum atomic E-state index is -0.795. The quantitative estimate of drug-likeness (QED) is 0.716. The number of nitrogens with zero attached hydrogens (tertiary/aromatic N) is 1. The molecule has 0 amide bonds. The second-order valence-corrected chi connectivity index (χ2v) is 3.49. The molecule has 1 aliphatic carbocycles. The number of carbonyl (C=O) groups is 1. The van der Waals surface area contributed by atoms with Gasteiger partial charge in [0.1, 0.15) is 5.82 Å². The minimum Gasteiger partial charge on any atom is -0.481 e. The lowest BCUT2D eigenvalue weighted by Gasteiger charge is -2.14. The summed E-state index contributed by atoms with van der Waals surface area (Å²) in [4.78, 5) is 14.7. The van der Waals surface area contributed by atoms with Crippen molar-refractivity contribution < 1.29 is 9.90 Å². The van der Waals surface area contributed by atoms with Crippen LogP contribution in [0.4, 0.5) is 5.82 Å². The smallest absolute Gasteiger partial charge is 0.305 e. The van der Waals surface area contributed by atoms with Gasteiger partial charge in [0, 0.05) is 6.20 Å². The van der Waals surface area contributed by atoms with E-state index in [-0.39, 0.29) is 12.5 Å². The van der Waals surface area contributed by atoms with Crippen LogP contribution in [0.5, 0.6) is 0 Å². The van der Waals surface area contributed by atoms with Crippen LogP contribution in [-0.4, -0.2) is 22.1 Å². The maximum absolute atomic E-state index is 10.6. The number of allylic oxidation sites excluding steroid dienone is 1. The maximum atomic E-state index is 10.6. The second kappa shape index (κ2) is 4.13. The number of carboxylic acids is 1. The maximum Gasteiger partial charge on any atom is 0.305 e. The van der Waals surface area contributed by atoms with Crippen LogP contribution in [0, 0.1) is 0 Å². The van der Waals surface area contributed by atoms with Gasteiger partial charge in [0.05, 0.1) is 12.5 Å². The van der Waals surface area contributed by atoms with Gasteiger partial charge < -0.3 is 10.4 Å². The molecule has 15 heavy (non-hydrogen) atoms. The zero-order valence-electron chi connectivity index (χ0n) is 8.18. The molecule has 0 aliphatic heterocycles. The molecule has 2 rings (SSSR count). The molecule has 1 atom stereocenters. The summed E-state index contributed by atoms with van der Waals surface area (Å²) in [5.41, 5.74) is 1.16. The molecule has 1 aliphatic rings. The lowest BCUT2D eigenvalue weighted by molar-refractivity contribution is -0.137. The summed E-state index contributed by atoms with van der Waals surface area (Å²) in [6.45, 7) is 0. The van der Waals surface area contributed by atoms with E-state index < -0.39 is 5.97 Å². The molecule has 4 nitrogen and oxygen atoms in total. The standard InChI is InChI=1S/C11H12N2O2/c14-11(15)7-9(8-4-5-8)13-10-3-1-2-6-12-10/h1-4,6,9H,5,7H2,(H,12,13)(H,14,15)/t9-/m1/s1. The molecular formula is C11H12N2O2. The van der Waals surface area contributed by atoms with E-state index in [9.17, 15) is 4.79 Å². The molecule has 1 aromatic rings. The van der Waals surface area contributed by atoms with Crippen molar-refractivity contribution in [1.82, 2.24) is 4.98 Å². The van der Waals surface area contributed by atoms with Crippen molar-refractivity contribution in [3.63, 3.8) is 0 Å². The zero-order valence-corrected chi connectivity index (χ0v) is 8.18. The molecule has 2 N–H and O–H groups in total. The van der Waals surface area contributed by atoms with Gasteiger partial charge in [-0.1, -0.05) is 12.1 Å². The molecule has 0 unspecified atom stereocenters. The predicted molar refractivity (Wildman–Crippen MR) is 56.6 cm³/mol. The van der Waals surface area contributed by atoms with Crippen LogP contribution >= 0.6 is 0 Å². The third-order valence-corrected chi connectivity index (χ3v) is 2.25. The summed E-state index contributed by atoms with van der Waals surface area (Å²) in [6, 6.07) is 5.41. The highest BCUT2D eigenvalue weighted by molar-refractivity contribution is 5.69. The van der Waals surface area contributed by atoms with Crippen molar-refractivity contribution in [1.29, 1.82) is 0 Å². The molecule has 0 saturated carbocycles. The topological polar surface area (TPSA) is 62.2 Å². The molecule has 1 aromatic heterocycles. The van der Waals surface area contributed by atoms with E-state index in [1.54, 1.807) is 6.20 Å². The predicted octanol–water partition coefficient (Wildman–Crippen LogP) is 1.67. The molecular weight excluding hydrogens is 192 g/mol. The van der Waals surface area contributed by atoms with E-state index in [0.29, 0.717) is 0 Å². The number of anilines is 1. The SMILES string of the molecule is O=C(O)C[C@@H](Nc1ccccn1)C1=CC1. The Hall–Kier alpha value is -1.84. The van der Waals surface area contributed by atoms with E-state index in [1.165, 1.54) is 0 Å². The molecule has 1 heterocycles. The fourth-order valence-electron chi connectivity index (χ4n) is 1.42. The lowest BCUT2D eigenvalue weighted by Crippen LogP contribution is -2.22. The number of nitrogens with one attached hydrogen (secondary N) is 1. The van der Waals surface area contributed by atoms with Crippen LogP contribution in [0.2, 0.25) is 0 Å². The van der Waals surface area contributed by atoms with Gasteiger partial charge >= 0.3 is 5.97 Å². The van der Waals surface area contributed by atoms with Crippen LogP contribution in [0.1, 0.15) is 12.8 Å². The molecule has 0 saturated heterocycles. The summed E-state index contributed by atoms with van der Waals surface area (Å²) in [5.74, 6) is -0.0761. The Morgan fingerprint density at radius 1 is 1.60 bits per heavy atom. The number of hydrogen-bond acceptors (Lipinski definition) is 3. The van der Waals surface area contributed by atoms with Crippen LogP contribution < -0.4 is 5.32 Å². The van der Waals surface area contributed by atoms with Gasteiger partial charge in [-0.25, -0.2) is 4.98 Å². The van der Waals surface area contributed by atoms with Gasteiger partial charge in [-0.05, 0) is 24.1 Å². The number of pyridine rings is 1. The zero-order chi connectivity index (χ0) is 10.7. The molecule has 0 bridgehead atoms. The van der Waals surface area contributed by atoms with Crippen LogP contribution in [0.25, 0.3) is 0 Å². The van der Waals surface area contributed by atoms with Gasteiger partial charge in [0.15, 0.2) is 0 Å². The highest BCUT2D eigenvalue weighted by Crippen LogP contribution is 2.26. The van der Waals surface area contributed by atoms with Crippen molar-refractivity contribution >= 4 is 11.8 Å². The van der Waals surface area contributed by atoms with Gasteiger partial charge in [-0.3, -0.25) is 4.79 Å². The Morgan fingerprint density at radius 2 is 2.40 bits per heavy atom. The van der Waals surface area contributed by atoms with Gasteiger partial charge in [-0.15, -0.1) is 0 Å². The summed E-state index contributed by atoms with van der Waals surface area (Å²) in [5, 5.41) is 11.9. The van der Waals surface area contributed by atoms with Crippen molar-refractivity contribution in [3.05, 3.63) is 36.0 Å². The van der Waals surface area contributed by atoms with Gasteiger partial charge in [0.25, 0.3) is 0 Å². The van der Waals surface area contributed by atoms with Crippen LogP contribution in [0.3, 0.4) is 0 Å². The molecule has 0 spiro atoms.